The summed E-state index contributed by atoms with van der Waals surface area (Å²) in [7, 11) is -0.778. The topological polar surface area (TPSA) is 43.1 Å². The van der Waals surface area contributed by atoms with Crippen LogP contribution >= 0.6 is 11.3 Å². The maximum atomic E-state index is 11.6. The Morgan fingerprint density at radius 1 is 1.38 bits per heavy atom. The minimum absolute atomic E-state index is 0.742. The predicted molar refractivity (Wildman–Crippen MR) is 58.5 cm³/mol. The minimum atomic E-state index is -0.778. The summed E-state index contributed by atoms with van der Waals surface area (Å²) in [6, 6.07) is 3.88. The lowest BCUT2D eigenvalue weighted by molar-refractivity contribution is 0.674. The molecule has 74 valence electrons. The first kappa shape index (κ1) is 10.9. The first-order valence-corrected chi connectivity index (χ1v) is 6.66. The van der Waals surface area contributed by atoms with E-state index in [0.29, 0.717) is 0 Å². The number of unbranched alkanes of at least 4 members (excludes halogenated alkanes) is 2. The Labute approximate surface area is 85.6 Å². The summed E-state index contributed by atoms with van der Waals surface area (Å²) >= 11 is 1.57. The first-order valence-electron chi connectivity index (χ1n) is 4.46. The summed E-state index contributed by atoms with van der Waals surface area (Å²) in [5.41, 5.74) is 5.37. The third-order valence-corrected chi connectivity index (χ3v) is 4.51. The van der Waals surface area contributed by atoms with Crippen molar-refractivity contribution in [3.63, 3.8) is 0 Å². The summed E-state index contributed by atoms with van der Waals surface area (Å²) in [5.74, 6) is 0.778. The van der Waals surface area contributed by atoms with Crippen molar-refractivity contribution < 1.29 is 4.21 Å². The van der Waals surface area contributed by atoms with E-state index in [4.69, 9.17) is 5.73 Å². The van der Waals surface area contributed by atoms with Crippen LogP contribution in [0, 0.1) is 0 Å². The Morgan fingerprint density at radius 3 is 2.85 bits per heavy atom. The van der Waals surface area contributed by atoms with Crippen LogP contribution in [0.5, 0.6) is 0 Å². The van der Waals surface area contributed by atoms with E-state index in [9.17, 15) is 4.21 Å². The molecule has 0 amide bonds. The molecule has 0 bridgehead atoms. The van der Waals surface area contributed by atoms with Crippen LogP contribution in [0.4, 0.5) is 0 Å². The zero-order valence-corrected chi connectivity index (χ0v) is 9.20. The molecule has 0 aliphatic heterocycles. The van der Waals surface area contributed by atoms with Gasteiger partial charge in [-0.25, -0.2) is 0 Å². The van der Waals surface area contributed by atoms with Crippen molar-refractivity contribution in [3.05, 3.63) is 17.5 Å². The molecule has 0 fully saturated rings. The van der Waals surface area contributed by atoms with Crippen molar-refractivity contribution in [3.8, 4) is 0 Å². The third-order valence-electron chi connectivity index (χ3n) is 1.75. The van der Waals surface area contributed by atoms with Gasteiger partial charge in [0, 0.05) is 5.75 Å². The highest BCUT2D eigenvalue weighted by atomic mass is 32.2. The van der Waals surface area contributed by atoms with Gasteiger partial charge in [0.2, 0.25) is 0 Å². The molecule has 1 rings (SSSR count). The fourth-order valence-corrected chi connectivity index (χ4v) is 3.24. The van der Waals surface area contributed by atoms with Gasteiger partial charge in [-0.3, -0.25) is 4.21 Å². The highest BCUT2D eigenvalue weighted by Crippen LogP contribution is 2.14. The molecule has 2 N–H and O–H groups in total. The molecule has 1 heterocycles. The number of thiophene rings is 1. The van der Waals surface area contributed by atoms with E-state index in [1.165, 1.54) is 0 Å². The van der Waals surface area contributed by atoms with Crippen LogP contribution in [0.3, 0.4) is 0 Å². The van der Waals surface area contributed by atoms with E-state index >= 15 is 0 Å². The Balaban J connectivity index is 2.19. The van der Waals surface area contributed by atoms with Crippen LogP contribution in [0.25, 0.3) is 0 Å². The highest BCUT2D eigenvalue weighted by Gasteiger charge is 2.03. The Hall–Kier alpha value is -0.190. The largest absolute Gasteiger partial charge is 0.330 e. The lowest BCUT2D eigenvalue weighted by Crippen LogP contribution is -2.00. The molecule has 4 heteroatoms. The fraction of sp³-hybridized carbons (Fsp3) is 0.556. The monoisotopic (exact) mass is 217 g/mol. The minimum Gasteiger partial charge on any atom is -0.330 e. The van der Waals surface area contributed by atoms with Gasteiger partial charge in [-0.05, 0) is 30.8 Å². The van der Waals surface area contributed by atoms with Gasteiger partial charge in [0.25, 0.3) is 0 Å². The zero-order chi connectivity index (χ0) is 9.52. The van der Waals surface area contributed by atoms with Gasteiger partial charge in [0.15, 0.2) is 0 Å². The third kappa shape index (κ3) is 4.02. The Bertz CT molecular complexity index is 246. The number of rotatable bonds is 6. The van der Waals surface area contributed by atoms with Crippen molar-refractivity contribution in [1.29, 1.82) is 0 Å². The molecular formula is C9H15NOS2. The molecule has 0 radical (unpaired) electrons. The molecule has 0 aromatic carbocycles. The summed E-state index contributed by atoms with van der Waals surface area (Å²) in [6.07, 6.45) is 3.15. The summed E-state index contributed by atoms with van der Waals surface area (Å²) in [4.78, 5) is 0. The summed E-state index contributed by atoms with van der Waals surface area (Å²) < 4.78 is 12.6. The zero-order valence-electron chi connectivity index (χ0n) is 7.57. The molecule has 1 aromatic heterocycles. The second-order valence-electron chi connectivity index (χ2n) is 2.83. The standard InChI is InChI=1S/C9H15NOS2/c10-6-2-1-3-8-13(11)9-5-4-7-12-9/h4-5,7H,1-3,6,8,10H2. The molecule has 0 aliphatic carbocycles. The second-order valence-corrected chi connectivity index (χ2v) is 5.58. The smallest absolute Gasteiger partial charge is 0.0910 e. The molecule has 0 saturated carbocycles. The van der Waals surface area contributed by atoms with Gasteiger partial charge in [-0.15, -0.1) is 11.3 Å². The van der Waals surface area contributed by atoms with Crippen LogP contribution in [-0.4, -0.2) is 16.5 Å². The van der Waals surface area contributed by atoms with E-state index in [0.717, 1.165) is 35.8 Å². The predicted octanol–water partition coefficient (Wildman–Crippen LogP) is 1.98. The van der Waals surface area contributed by atoms with Gasteiger partial charge in [-0.1, -0.05) is 12.5 Å². The van der Waals surface area contributed by atoms with Crippen LogP contribution < -0.4 is 5.73 Å². The van der Waals surface area contributed by atoms with Crippen molar-refractivity contribution in [2.75, 3.05) is 12.3 Å². The maximum absolute atomic E-state index is 11.6. The van der Waals surface area contributed by atoms with Gasteiger partial charge in [-0.2, -0.15) is 0 Å². The lowest BCUT2D eigenvalue weighted by atomic mass is 10.2. The van der Waals surface area contributed by atoms with Crippen molar-refractivity contribution in [2.45, 2.75) is 23.5 Å². The van der Waals surface area contributed by atoms with E-state index in [2.05, 4.69) is 0 Å². The molecule has 0 saturated heterocycles. The van der Waals surface area contributed by atoms with Crippen LogP contribution in [0.2, 0.25) is 0 Å². The van der Waals surface area contributed by atoms with Crippen molar-refractivity contribution >= 4 is 22.1 Å². The Morgan fingerprint density at radius 2 is 2.23 bits per heavy atom. The second kappa shape index (κ2) is 6.29. The lowest BCUT2D eigenvalue weighted by Gasteiger charge is -1.98. The molecule has 1 aromatic rings. The van der Waals surface area contributed by atoms with Gasteiger partial charge in [0.1, 0.15) is 0 Å². The summed E-state index contributed by atoms with van der Waals surface area (Å²) in [6.45, 7) is 0.742. The molecule has 0 spiro atoms. The molecule has 2 nitrogen and oxygen atoms in total. The van der Waals surface area contributed by atoms with E-state index in [-0.39, 0.29) is 0 Å². The molecular weight excluding hydrogens is 202 g/mol. The van der Waals surface area contributed by atoms with Gasteiger partial charge >= 0.3 is 0 Å². The SMILES string of the molecule is NCCCCCS(=O)c1cccs1. The fourth-order valence-electron chi connectivity index (χ4n) is 1.05. The van der Waals surface area contributed by atoms with Crippen LogP contribution in [0.1, 0.15) is 19.3 Å². The quantitative estimate of drug-likeness (QED) is 0.740. The van der Waals surface area contributed by atoms with Gasteiger partial charge in [0.05, 0.1) is 15.0 Å². The average molecular weight is 217 g/mol. The normalized spacial score (nSPS) is 13.0. The molecule has 1 unspecified atom stereocenters. The van der Waals surface area contributed by atoms with E-state index < -0.39 is 10.8 Å². The average Bonchev–Trinajstić information content (AvgIpc) is 2.65. The summed E-state index contributed by atoms with van der Waals surface area (Å²) in [5, 5.41) is 1.97. The van der Waals surface area contributed by atoms with Crippen molar-refractivity contribution in [2.24, 2.45) is 5.73 Å². The van der Waals surface area contributed by atoms with Crippen LogP contribution in [-0.2, 0) is 10.8 Å². The Kier molecular flexibility index (Phi) is 5.27. The maximum Gasteiger partial charge on any atom is 0.0910 e. The molecule has 0 aliphatic rings. The number of hydrogen-bond acceptors (Lipinski definition) is 3. The number of hydrogen-bond donors (Lipinski definition) is 1. The van der Waals surface area contributed by atoms with E-state index in [1.807, 2.05) is 17.5 Å². The van der Waals surface area contributed by atoms with Gasteiger partial charge < -0.3 is 5.73 Å². The molecule has 13 heavy (non-hydrogen) atoms. The van der Waals surface area contributed by atoms with E-state index in [1.54, 1.807) is 11.3 Å². The first-order chi connectivity index (χ1) is 6.34. The molecule has 1 atom stereocenters. The highest BCUT2D eigenvalue weighted by molar-refractivity contribution is 7.87. The van der Waals surface area contributed by atoms with Crippen LogP contribution in [0.15, 0.2) is 21.7 Å². The number of nitrogens with two attached hydrogens (primary N) is 1. The van der Waals surface area contributed by atoms with Crippen molar-refractivity contribution in [1.82, 2.24) is 0 Å².